The lowest BCUT2D eigenvalue weighted by Crippen LogP contribution is -2.17. The summed E-state index contributed by atoms with van der Waals surface area (Å²) in [5.41, 5.74) is 16.0. The van der Waals surface area contributed by atoms with Gasteiger partial charge in [-0.15, -0.1) is 0 Å². The van der Waals surface area contributed by atoms with Gasteiger partial charge in [0.05, 0.1) is 16.7 Å². The molecule has 0 saturated carbocycles. The van der Waals surface area contributed by atoms with Crippen molar-refractivity contribution in [3.63, 3.8) is 0 Å². The highest BCUT2D eigenvalue weighted by atomic mass is 16.3. The van der Waals surface area contributed by atoms with Crippen LogP contribution in [0.25, 0.3) is 82.5 Å². The summed E-state index contributed by atoms with van der Waals surface area (Å²) in [4.78, 5) is 2.49. The number of hydrogen-bond donors (Lipinski definition) is 0. The van der Waals surface area contributed by atoms with E-state index in [2.05, 4.69) is 217 Å². The molecule has 0 N–H and O–H groups in total. The van der Waals surface area contributed by atoms with E-state index in [1.54, 1.807) is 0 Å². The van der Waals surface area contributed by atoms with Crippen LogP contribution in [0.15, 0.2) is 199 Å². The van der Waals surface area contributed by atoms with E-state index in [-0.39, 0.29) is 5.41 Å². The molecule has 0 fully saturated rings. The van der Waals surface area contributed by atoms with Crippen LogP contribution in [-0.2, 0) is 5.41 Å². The number of aromatic nitrogens is 1. The highest BCUT2D eigenvalue weighted by Crippen LogP contribution is 2.53. The third kappa shape index (κ3) is 4.74. The molecule has 0 spiro atoms. The molecule has 11 aromatic rings. The lowest BCUT2D eigenvalue weighted by atomic mass is 9.82. The smallest absolute Gasteiger partial charge is 0.136 e. The van der Waals surface area contributed by atoms with Crippen molar-refractivity contribution in [1.29, 1.82) is 0 Å². The van der Waals surface area contributed by atoms with Gasteiger partial charge >= 0.3 is 0 Å². The molecule has 3 nitrogen and oxygen atoms in total. The molecular formula is C55H38N2O. The molecule has 2 heterocycles. The molecule has 0 radical (unpaired) electrons. The van der Waals surface area contributed by atoms with Gasteiger partial charge in [0.1, 0.15) is 11.2 Å². The Labute approximate surface area is 336 Å². The van der Waals surface area contributed by atoms with Gasteiger partial charge in [0.15, 0.2) is 0 Å². The van der Waals surface area contributed by atoms with Crippen LogP contribution in [0.5, 0.6) is 0 Å². The van der Waals surface area contributed by atoms with E-state index < -0.39 is 0 Å². The Morgan fingerprint density at radius 3 is 2.05 bits per heavy atom. The summed E-state index contributed by atoms with van der Waals surface area (Å²) in [7, 11) is 0. The second kappa shape index (κ2) is 12.3. The number of benzene rings is 9. The molecule has 1 aliphatic rings. The fourth-order valence-corrected chi connectivity index (χ4v) is 9.84. The zero-order valence-electron chi connectivity index (χ0n) is 32.3. The topological polar surface area (TPSA) is 21.3 Å². The maximum atomic E-state index is 6.60. The van der Waals surface area contributed by atoms with E-state index >= 15 is 0 Å². The number of fused-ring (bicyclic) bond motifs is 10. The number of anilines is 3. The summed E-state index contributed by atoms with van der Waals surface area (Å²) in [6.45, 7) is 4.72. The number of nitrogens with zero attached hydrogens (tertiary/aromatic N) is 2. The Morgan fingerprint density at radius 1 is 0.466 bits per heavy atom. The molecule has 1 aliphatic carbocycles. The summed E-state index contributed by atoms with van der Waals surface area (Å²) in [5.74, 6) is 0. The van der Waals surface area contributed by atoms with Gasteiger partial charge in [0.25, 0.3) is 0 Å². The first kappa shape index (κ1) is 32.8. The molecule has 2 aromatic heterocycles. The molecule has 0 amide bonds. The third-order valence-electron chi connectivity index (χ3n) is 12.6. The van der Waals surface area contributed by atoms with Gasteiger partial charge in [-0.25, -0.2) is 0 Å². The zero-order valence-corrected chi connectivity index (χ0v) is 32.3. The largest absolute Gasteiger partial charge is 0.456 e. The number of hydrogen-bond acceptors (Lipinski definition) is 2. The SMILES string of the molecule is CC1(C)c2ccccc2-c2ccc(N(c3ccc4c(c3)c3ccccc3n4-c3ccccc3)c3ccc4oc5ccccc5c4c3-c3ccc4ccccc4c3)cc21. The van der Waals surface area contributed by atoms with Gasteiger partial charge < -0.3 is 13.9 Å². The van der Waals surface area contributed by atoms with E-state index in [0.717, 1.165) is 55.8 Å². The average molecular weight is 743 g/mol. The summed E-state index contributed by atoms with van der Waals surface area (Å²) in [5, 5.41) is 7.07. The first-order chi connectivity index (χ1) is 28.5. The summed E-state index contributed by atoms with van der Waals surface area (Å²) >= 11 is 0. The van der Waals surface area contributed by atoms with Crippen LogP contribution in [0.3, 0.4) is 0 Å². The van der Waals surface area contributed by atoms with Crippen molar-refractivity contribution < 1.29 is 4.42 Å². The van der Waals surface area contributed by atoms with Gasteiger partial charge in [-0.2, -0.15) is 0 Å². The highest BCUT2D eigenvalue weighted by molar-refractivity contribution is 6.17. The third-order valence-corrected chi connectivity index (χ3v) is 12.6. The maximum absolute atomic E-state index is 6.60. The summed E-state index contributed by atoms with van der Waals surface area (Å²) < 4.78 is 8.99. The van der Waals surface area contributed by atoms with Crippen molar-refractivity contribution in [2.45, 2.75) is 19.3 Å². The van der Waals surface area contributed by atoms with Gasteiger partial charge in [0, 0.05) is 49.6 Å². The van der Waals surface area contributed by atoms with Crippen molar-refractivity contribution in [2.24, 2.45) is 0 Å². The highest BCUT2D eigenvalue weighted by Gasteiger charge is 2.36. The first-order valence-electron chi connectivity index (χ1n) is 20.1. The molecule has 0 bridgehead atoms. The van der Waals surface area contributed by atoms with E-state index in [1.165, 1.54) is 54.8 Å². The Balaban J connectivity index is 1.18. The van der Waals surface area contributed by atoms with Crippen molar-refractivity contribution >= 4 is 71.6 Å². The van der Waals surface area contributed by atoms with Crippen LogP contribution >= 0.6 is 0 Å². The van der Waals surface area contributed by atoms with E-state index in [4.69, 9.17) is 4.42 Å². The molecule has 274 valence electrons. The quantitative estimate of drug-likeness (QED) is 0.175. The fraction of sp³-hybridized carbons (Fsp3) is 0.0545. The monoisotopic (exact) mass is 742 g/mol. The molecule has 9 aromatic carbocycles. The molecule has 0 unspecified atom stereocenters. The minimum atomic E-state index is -0.160. The lowest BCUT2D eigenvalue weighted by Gasteiger charge is -2.30. The summed E-state index contributed by atoms with van der Waals surface area (Å²) in [6.07, 6.45) is 0. The minimum Gasteiger partial charge on any atom is -0.456 e. The molecule has 0 saturated heterocycles. The second-order valence-electron chi connectivity index (χ2n) is 16.1. The molecule has 58 heavy (non-hydrogen) atoms. The Morgan fingerprint density at radius 2 is 1.16 bits per heavy atom. The van der Waals surface area contributed by atoms with Crippen LogP contribution < -0.4 is 4.90 Å². The number of furan rings is 1. The van der Waals surface area contributed by atoms with Crippen molar-refractivity contribution in [2.75, 3.05) is 4.90 Å². The lowest BCUT2D eigenvalue weighted by molar-refractivity contribution is 0.660. The number of para-hydroxylation sites is 3. The Bertz CT molecular complexity index is 3440. The van der Waals surface area contributed by atoms with Crippen LogP contribution in [0, 0.1) is 0 Å². The normalized spacial score (nSPS) is 13.1. The molecule has 0 aliphatic heterocycles. The van der Waals surface area contributed by atoms with E-state index in [9.17, 15) is 0 Å². The molecule has 3 heteroatoms. The van der Waals surface area contributed by atoms with Gasteiger partial charge in [-0.05, 0) is 111 Å². The number of rotatable bonds is 5. The minimum absolute atomic E-state index is 0.160. The Kier molecular flexibility index (Phi) is 6.98. The standard InChI is InChI=1S/C55H38N2O/c1-55(2)46-21-11-8-18-41(46)42-28-26-40(34-47(42)55)56(39-27-29-49-45(33-39)43-19-9-12-22-48(43)57(49)38-16-4-3-5-17-38)50-30-31-52-54(44-20-10-13-23-51(44)58-52)53(50)37-25-24-35-14-6-7-15-36(35)32-37/h3-34H,1-2H3. The van der Waals surface area contributed by atoms with Gasteiger partial charge in [-0.1, -0.05) is 135 Å². The van der Waals surface area contributed by atoms with Crippen LogP contribution in [0.2, 0.25) is 0 Å². The van der Waals surface area contributed by atoms with Crippen molar-refractivity contribution in [3.05, 3.63) is 205 Å². The van der Waals surface area contributed by atoms with Crippen LogP contribution in [0.4, 0.5) is 17.1 Å². The van der Waals surface area contributed by atoms with Crippen molar-refractivity contribution in [1.82, 2.24) is 4.57 Å². The molecule has 12 rings (SSSR count). The van der Waals surface area contributed by atoms with Crippen molar-refractivity contribution in [3.8, 4) is 27.9 Å². The maximum Gasteiger partial charge on any atom is 0.136 e. The van der Waals surface area contributed by atoms with E-state index in [1.807, 2.05) is 0 Å². The zero-order chi connectivity index (χ0) is 38.5. The van der Waals surface area contributed by atoms with E-state index in [0.29, 0.717) is 0 Å². The second-order valence-corrected chi connectivity index (χ2v) is 16.1. The fourth-order valence-electron chi connectivity index (χ4n) is 9.84. The molecule has 0 atom stereocenters. The average Bonchev–Trinajstić information content (AvgIpc) is 3.89. The van der Waals surface area contributed by atoms with Gasteiger partial charge in [0.2, 0.25) is 0 Å². The summed E-state index contributed by atoms with van der Waals surface area (Å²) in [6, 6.07) is 70.8. The van der Waals surface area contributed by atoms with Crippen LogP contribution in [0.1, 0.15) is 25.0 Å². The predicted octanol–water partition coefficient (Wildman–Crippen LogP) is 15.3. The molecular weight excluding hydrogens is 705 g/mol. The Hall–Kier alpha value is -7.36. The predicted molar refractivity (Wildman–Crippen MR) is 243 cm³/mol. The van der Waals surface area contributed by atoms with Crippen LogP contribution in [-0.4, -0.2) is 4.57 Å². The first-order valence-corrected chi connectivity index (χ1v) is 20.1. The van der Waals surface area contributed by atoms with Gasteiger partial charge in [-0.3, -0.25) is 0 Å².